The van der Waals surface area contributed by atoms with Crippen LogP contribution >= 0.6 is 28.3 Å². The Bertz CT molecular complexity index is 333. The number of hydrogen-bond donors (Lipinski definition) is 1. The van der Waals surface area contributed by atoms with E-state index in [2.05, 4.69) is 15.9 Å². The van der Waals surface area contributed by atoms with Crippen LogP contribution in [0.25, 0.3) is 0 Å². The van der Waals surface area contributed by atoms with Gasteiger partial charge in [-0.3, -0.25) is 0 Å². The summed E-state index contributed by atoms with van der Waals surface area (Å²) in [4.78, 5) is 0. The van der Waals surface area contributed by atoms with Crippen LogP contribution in [0.2, 0.25) is 0 Å². The Morgan fingerprint density at radius 3 is 2.53 bits per heavy atom. The van der Waals surface area contributed by atoms with Crippen LogP contribution in [0, 0.1) is 11.6 Å². The molecule has 0 aliphatic rings. The molecule has 2 N–H and O–H groups in total. The van der Waals surface area contributed by atoms with E-state index in [1.807, 2.05) is 6.92 Å². The molecule has 15 heavy (non-hydrogen) atoms. The first-order chi connectivity index (χ1) is 6.57. The Morgan fingerprint density at radius 1 is 1.40 bits per heavy atom. The lowest BCUT2D eigenvalue weighted by Gasteiger charge is -2.13. The number of hydrogen-bond acceptors (Lipinski definition) is 1. The van der Waals surface area contributed by atoms with Gasteiger partial charge in [0.05, 0.1) is 4.47 Å². The number of rotatable bonds is 3. The Labute approximate surface area is 103 Å². The molecule has 0 aliphatic heterocycles. The van der Waals surface area contributed by atoms with E-state index in [1.54, 1.807) is 0 Å². The molecular weight excluding hydrogens is 287 g/mol. The quantitative estimate of drug-likeness (QED) is 0.841. The van der Waals surface area contributed by atoms with Gasteiger partial charge in [0.15, 0.2) is 0 Å². The molecule has 1 aromatic carbocycles. The van der Waals surface area contributed by atoms with E-state index in [9.17, 15) is 8.78 Å². The molecule has 1 aromatic rings. The number of benzene rings is 1. The molecule has 1 rings (SSSR count). The Kier molecular flexibility index (Phi) is 6.32. The molecule has 0 radical (unpaired) electrons. The highest BCUT2D eigenvalue weighted by atomic mass is 79.9. The monoisotopic (exact) mass is 299 g/mol. The molecule has 0 unspecified atom stereocenters. The molecule has 0 fully saturated rings. The molecule has 86 valence electrons. The Balaban J connectivity index is 0.00000196. The molecule has 1 atom stereocenters. The lowest BCUT2D eigenvalue weighted by molar-refractivity contribution is 0.506. The zero-order valence-corrected chi connectivity index (χ0v) is 10.7. The normalized spacial score (nSPS) is 12.1. The second-order valence-corrected chi connectivity index (χ2v) is 4.01. The first-order valence-corrected chi connectivity index (χ1v) is 5.26. The van der Waals surface area contributed by atoms with Gasteiger partial charge in [0.25, 0.3) is 0 Å². The molecule has 1 nitrogen and oxygen atoms in total. The van der Waals surface area contributed by atoms with E-state index in [1.165, 1.54) is 12.1 Å². The molecule has 0 heterocycles. The van der Waals surface area contributed by atoms with Crippen molar-refractivity contribution in [2.75, 3.05) is 0 Å². The minimum absolute atomic E-state index is 0. The predicted octanol–water partition coefficient (Wildman–Crippen LogP) is 3.95. The molecule has 0 bridgehead atoms. The number of nitrogens with two attached hydrogens (primary N) is 1. The van der Waals surface area contributed by atoms with Gasteiger partial charge >= 0.3 is 0 Å². The summed E-state index contributed by atoms with van der Waals surface area (Å²) < 4.78 is 27.0. The minimum Gasteiger partial charge on any atom is -0.324 e. The van der Waals surface area contributed by atoms with Gasteiger partial charge in [0.2, 0.25) is 0 Å². The summed E-state index contributed by atoms with van der Waals surface area (Å²) in [5.74, 6) is -1.17. The standard InChI is InChI=1S/C10H12BrF2N.ClH/c1-2-3-8(14)9-7(12)5-4-6(11)10(9)13;/h4-5,8H,2-3,14H2,1H3;1H/t8-;/m0./s1. The second-order valence-electron chi connectivity index (χ2n) is 3.15. The fraction of sp³-hybridized carbons (Fsp3) is 0.400. The van der Waals surface area contributed by atoms with Gasteiger partial charge in [-0.05, 0) is 34.5 Å². The highest BCUT2D eigenvalue weighted by molar-refractivity contribution is 9.10. The Hall–Kier alpha value is -0.190. The van der Waals surface area contributed by atoms with Gasteiger partial charge in [-0.2, -0.15) is 0 Å². The Morgan fingerprint density at radius 2 is 2.00 bits per heavy atom. The fourth-order valence-corrected chi connectivity index (χ4v) is 1.68. The van der Waals surface area contributed by atoms with Gasteiger partial charge in [-0.25, -0.2) is 8.78 Å². The topological polar surface area (TPSA) is 26.0 Å². The van der Waals surface area contributed by atoms with Crippen molar-refractivity contribution in [3.05, 3.63) is 33.8 Å². The summed E-state index contributed by atoms with van der Waals surface area (Å²) in [6.45, 7) is 1.92. The molecule has 0 saturated heterocycles. The summed E-state index contributed by atoms with van der Waals surface area (Å²) in [6.07, 6.45) is 1.37. The van der Waals surface area contributed by atoms with Crippen LogP contribution in [-0.4, -0.2) is 0 Å². The van der Waals surface area contributed by atoms with E-state index in [-0.39, 0.29) is 22.4 Å². The van der Waals surface area contributed by atoms with E-state index in [4.69, 9.17) is 5.73 Å². The summed E-state index contributed by atoms with van der Waals surface area (Å²) in [5.41, 5.74) is 5.65. The summed E-state index contributed by atoms with van der Waals surface area (Å²) in [5, 5.41) is 0. The van der Waals surface area contributed by atoms with Crippen molar-refractivity contribution < 1.29 is 8.78 Å². The van der Waals surface area contributed by atoms with Crippen LogP contribution in [0.1, 0.15) is 31.4 Å². The summed E-state index contributed by atoms with van der Waals surface area (Å²) in [7, 11) is 0. The van der Waals surface area contributed by atoms with Crippen molar-refractivity contribution in [1.29, 1.82) is 0 Å². The SMILES string of the molecule is CCC[C@H](N)c1c(F)ccc(Br)c1F.Cl. The summed E-state index contributed by atoms with van der Waals surface area (Å²) >= 11 is 3.00. The van der Waals surface area contributed by atoms with Crippen molar-refractivity contribution in [2.24, 2.45) is 5.73 Å². The van der Waals surface area contributed by atoms with E-state index in [0.29, 0.717) is 6.42 Å². The zero-order valence-electron chi connectivity index (χ0n) is 8.27. The van der Waals surface area contributed by atoms with Crippen LogP contribution in [-0.2, 0) is 0 Å². The van der Waals surface area contributed by atoms with Crippen LogP contribution in [0.5, 0.6) is 0 Å². The van der Waals surface area contributed by atoms with E-state index in [0.717, 1.165) is 6.42 Å². The van der Waals surface area contributed by atoms with Gasteiger partial charge in [0, 0.05) is 11.6 Å². The van der Waals surface area contributed by atoms with E-state index < -0.39 is 17.7 Å². The molecule has 0 aliphatic carbocycles. The predicted molar refractivity (Wildman–Crippen MR) is 63.1 cm³/mol. The van der Waals surface area contributed by atoms with Gasteiger partial charge in [-0.15, -0.1) is 12.4 Å². The summed E-state index contributed by atoms with van der Waals surface area (Å²) in [6, 6.07) is 1.99. The lowest BCUT2D eigenvalue weighted by atomic mass is 10.0. The van der Waals surface area contributed by atoms with Crippen LogP contribution in [0.4, 0.5) is 8.78 Å². The highest BCUT2D eigenvalue weighted by Gasteiger charge is 2.17. The van der Waals surface area contributed by atoms with Crippen molar-refractivity contribution in [3.8, 4) is 0 Å². The molecule has 0 spiro atoms. The van der Waals surface area contributed by atoms with Crippen molar-refractivity contribution in [1.82, 2.24) is 0 Å². The highest BCUT2D eigenvalue weighted by Crippen LogP contribution is 2.27. The van der Waals surface area contributed by atoms with Crippen LogP contribution in [0.3, 0.4) is 0 Å². The maximum absolute atomic E-state index is 13.5. The maximum atomic E-state index is 13.5. The zero-order chi connectivity index (χ0) is 10.7. The molecule has 5 heteroatoms. The second kappa shape index (κ2) is 6.40. The first kappa shape index (κ1) is 14.8. The molecule has 0 aromatic heterocycles. The molecular formula is C10H13BrClF2N. The first-order valence-electron chi connectivity index (χ1n) is 4.46. The third kappa shape index (κ3) is 3.40. The van der Waals surface area contributed by atoms with Crippen molar-refractivity contribution in [2.45, 2.75) is 25.8 Å². The third-order valence-electron chi connectivity index (χ3n) is 2.05. The average molecular weight is 301 g/mol. The fourth-order valence-electron chi connectivity index (χ4n) is 1.34. The maximum Gasteiger partial charge on any atom is 0.145 e. The van der Waals surface area contributed by atoms with Crippen molar-refractivity contribution in [3.63, 3.8) is 0 Å². The minimum atomic E-state index is -0.592. The average Bonchev–Trinajstić information content (AvgIpc) is 2.13. The van der Waals surface area contributed by atoms with Crippen LogP contribution in [0.15, 0.2) is 16.6 Å². The van der Waals surface area contributed by atoms with E-state index >= 15 is 0 Å². The molecule has 0 amide bonds. The third-order valence-corrected chi connectivity index (χ3v) is 2.66. The van der Waals surface area contributed by atoms with Gasteiger partial charge in [0.1, 0.15) is 11.6 Å². The largest absolute Gasteiger partial charge is 0.324 e. The van der Waals surface area contributed by atoms with Gasteiger partial charge in [-0.1, -0.05) is 13.3 Å². The number of halogens is 4. The lowest BCUT2D eigenvalue weighted by Crippen LogP contribution is -2.14. The smallest absolute Gasteiger partial charge is 0.145 e. The molecule has 0 saturated carbocycles. The van der Waals surface area contributed by atoms with Crippen LogP contribution < -0.4 is 5.73 Å². The van der Waals surface area contributed by atoms with Gasteiger partial charge < -0.3 is 5.73 Å². The van der Waals surface area contributed by atoms with Crippen molar-refractivity contribution >= 4 is 28.3 Å².